The van der Waals surface area contributed by atoms with E-state index in [0.717, 1.165) is 11.3 Å². The Hall–Kier alpha value is -2.41. The second-order valence-electron chi connectivity index (χ2n) is 3.65. The Kier molecular flexibility index (Phi) is 2.05. The molecule has 0 radical (unpaired) electrons. The molecule has 0 fully saturated rings. The van der Waals surface area contributed by atoms with E-state index in [9.17, 15) is 0 Å². The summed E-state index contributed by atoms with van der Waals surface area (Å²) in [5, 5.41) is 4.32. The summed E-state index contributed by atoms with van der Waals surface area (Å²) in [5.74, 6) is 6.58. The zero-order valence-electron chi connectivity index (χ0n) is 9.20. The van der Waals surface area contributed by atoms with Crippen molar-refractivity contribution in [2.45, 2.75) is 6.92 Å². The number of nitrogens with two attached hydrogens (primary N) is 1. The van der Waals surface area contributed by atoms with Crippen LogP contribution in [0.15, 0.2) is 30.9 Å². The molecule has 0 aliphatic rings. The van der Waals surface area contributed by atoms with E-state index in [2.05, 4.69) is 20.5 Å². The van der Waals surface area contributed by atoms with Gasteiger partial charge in [0.25, 0.3) is 0 Å². The molecule has 3 heterocycles. The Morgan fingerprint density at radius 3 is 2.94 bits per heavy atom. The summed E-state index contributed by atoms with van der Waals surface area (Å²) in [7, 11) is 0. The van der Waals surface area contributed by atoms with E-state index in [0.29, 0.717) is 11.6 Å². The monoisotopic (exact) mass is 229 g/mol. The van der Waals surface area contributed by atoms with Gasteiger partial charge in [0, 0.05) is 18.6 Å². The molecule has 0 saturated carbocycles. The van der Waals surface area contributed by atoms with Crippen LogP contribution in [0.3, 0.4) is 0 Å². The molecule has 17 heavy (non-hydrogen) atoms. The molecule has 0 amide bonds. The highest BCUT2D eigenvalue weighted by Gasteiger charge is 2.09. The smallest absolute Gasteiger partial charge is 0.199 e. The van der Waals surface area contributed by atoms with Gasteiger partial charge < -0.3 is 9.83 Å². The largest absolute Gasteiger partial charge is 0.307 e. The van der Waals surface area contributed by atoms with Crippen LogP contribution in [-0.4, -0.2) is 24.1 Å². The summed E-state index contributed by atoms with van der Waals surface area (Å²) < 4.78 is 3.52. The fourth-order valence-corrected chi connectivity index (χ4v) is 1.67. The molecule has 3 aromatic rings. The highest BCUT2D eigenvalue weighted by Crippen LogP contribution is 2.14. The lowest BCUT2D eigenvalue weighted by molar-refractivity contribution is 0.828. The Morgan fingerprint density at radius 2 is 2.24 bits per heavy atom. The molecule has 7 nitrogen and oxygen atoms in total. The van der Waals surface area contributed by atoms with Crippen LogP contribution in [0.25, 0.3) is 11.5 Å². The van der Waals surface area contributed by atoms with Gasteiger partial charge in [0.05, 0.1) is 11.9 Å². The van der Waals surface area contributed by atoms with Crippen LogP contribution in [0.2, 0.25) is 0 Å². The van der Waals surface area contributed by atoms with E-state index in [-0.39, 0.29) is 0 Å². The second-order valence-corrected chi connectivity index (χ2v) is 3.65. The Bertz CT molecular complexity index is 666. The maximum Gasteiger partial charge on any atom is 0.199 e. The number of fused-ring (bicyclic) bond motifs is 1. The van der Waals surface area contributed by atoms with Gasteiger partial charge in [-0.15, -0.1) is 0 Å². The number of aromatic nitrogens is 5. The summed E-state index contributed by atoms with van der Waals surface area (Å²) in [6, 6.07) is 1.91. The predicted octanol–water partition coefficient (Wildman–Crippen LogP) is 0.509. The Balaban J connectivity index is 2.29. The van der Waals surface area contributed by atoms with Crippen LogP contribution in [0.4, 0.5) is 5.82 Å². The maximum atomic E-state index is 5.39. The fourth-order valence-electron chi connectivity index (χ4n) is 1.67. The maximum absolute atomic E-state index is 5.39. The first-order valence-corrected chi connectivity index (χ1v) is 5.11. The van der Waals surface area contributed by atoms with E-state index in [1.165, 1.54) is 0 Å². The van der Waals surface area contributed by atoms with Crippen LogP contribution in [-0.2, 0) is 0 Å². The molecule has 3 rings (SSSR count). The average molecular weight is 229 g/mol. The molecule has 0 atom stereocenters. The standard InChI is InChI=1S/C10H11N7/c1-7-2-4-17(15-7)10-9-12-3-5-16(9)6-8(13-10)14-11/h2-6,14H,11H2,1H3. The number of aryl methyl sites for hydroxylation is 1. The number of hydrazine groups is 1. The number of hydrogen-bond donors (Lipinski definition) is 2. The first-order valence-electron chi connectivity index (χ1n) is 5.11. The predicted molar refractivity (Wildman–Crippen MR) is 62.7 cm³/mol. The van der Waals surface area contributed by atoms with Crippen LogP contribution in [0.5, 0.6) is 0 Å². The zero-order chi connectivity index (χ0) is 11.8. The number of hydrogen-bond acceptors (Lipinski definition) is 5. The minimum absolute atomic E-state index is 0.554. The lowest BCUT2D eigenvalue weighted by Gasteiger charge is -2.06. The van der Waals surface area contributed by atoms with E-state index in [1.54, 1.807) is 17.1 Å². The second kappa shape index (κ2) is 3.56. The van der Waals surface area contributed by atoms with Crippen molar-refractivity contribution in [2.75, 3.05) is 5.43 Å². The van der Waals surface area contributed by atoms with Crippen molar-refractivity contribution in [1.82, 2.24) is 24.1 Å². The molecular formula is C10H11N7. The molecule has 0 aliphatic carbocycles. The summed E-state index contributed by atoms with van der Waals surface area (Å²) in [6.07, 6.45) is 7.14. The van der Waals surface area contributed by atoms with Crippen LogP contribution in [0, 0.1) is 6.92 Å². The van der Waals surface area contributed by atoms with Gasteiger partial charge in [0.2, 0.25) is 0 Å². The van der Waals surface area contributed by atoms with Gasteiger partial charge in [-0.05, 0) is 13.0 Å². The zero-order valence-corrected chi connectivity index (χ0v) is 9.20. The summed E-state index contributed by atoms with van der Waals surface area (Å²) in [4.78, 5) is 8.61. The van der Waals surface area contributed by atoms with Crippen molar-refractivity contribution in [2.24, 2.45) is 5.84 Å². The minimum Gasteiger partial charge on any atom is -0.307 e. The minimum atomic E-state index is 0.554. The molecule has 3 aromatic heterocycles. The SMILES string of the molecule is Cc1ccn(-c2nc(NN)cn3ccnc23)n1. The van der Waals surface area contributed by atoms with Crippen LogP contribution >= 0.6 is 0 Å². The van der Waals surface area contributed by atoms with Gasteiger partial charge in [-0.25, -0.2) is 20.5 Å². The third-order valence-corrected chi connectivity index (χ3v) is 2.44. The van der Waals surface area contributed by atoms with Gasteiger partial charge in [-0.3, -0.25) is 0 Å². The van der Waals surface area contributed by atoms with E-state index in [4.69, 9.17) is 5.84 Å². The van der Waals surface area contributed by atoms with Crippen molar-refractivity contribution in [3.8, 4) is 5.82 Å². The topological polar surface area (TPSA) is 86.1 Å². The molecule has 0 aromatic carbocycles. The van der Waals surface area contributed by atoms with Gasteiger partial charge >= 0.3 is 0 Å². The lowest BCUT2D eigenvalue weighted by Crippen LogP contribution is -2.12. The lowest BCUT2D eigenvalue weighted by atomic mass is 10.5. The molecule has 0 unspecified atom stereocenters. The molecule has 0 spiro atoms. The fraction of sp³-hybridized carbons (Fsp3) is 0.100. The van der Waals surface area contributed by atoms with Crippen molar-refractivity contribution in [1.29, 1.82) is 0 Å². The van der Waals surface area contributed by atoms with Gasteiger partial charge in [0.1, 0.15) is 0 Å². The van der Waals surface area contributed by atoms with Gasteiger partial charge in [-0.1, -0.05) is 0 Å². The van der Waals surface area contributed by atoms with Crippen molar-refractivity contribution < 1.29 is 0 Å². The molecule has 0 bridgehead atoms. The number of imidazole rings is 1. The molecule has 7 heteroatoms. The normalized spacial score (nSPS) is 10.9. The number of nitrogens with one attached hydrogen (secondary N) is 1. The highest BCUT2D eigenvalue weighted by molar-refractivity contribution is 5.57. The van der Waals surface area contributed by atoms with Gasteiger partial charge in [0.15, 0.2) is 17.3 Å². The highest BCUT2D eigenvalue weighted by atomic mass is 15.3. The van der Waals surface area contributed by atoms with E-state index in [1.807, 2.05) is 29.8 Å². The Morgan fingerprint density at radius 1 is 1.35 bits per heavy atom. The summed E-state index contributed by atoms with van der Waals surface area (Å²) in [5.41, 5.74) is 4.17. The van der Waals surface area contributed by atoms with Crippen molar-refractivity contribution >= 4 is 11.5 Å². The number of nitrogen functional groups attached to an aromatic ring is 1. The summed E-state index contributed by atoms with van der Waals surface area (Å²) in [6.45, 7) is 1.92. The van der Waals surface area contributed by atoms with Crippen LogP contribution in [0.1, 0.15) is 5.69 Å². The first-order chi connectivity index (χ1) is 8.28. The third kappa shape index (κ3) is 1.53. The number of anilines is 1. The third-order valence-electron chi connectivity index (χ3n) is 2.44. The van der Waals surface area contributed by atoms with E-state index < -0.39 is 0 Å². The average Bonchev–Trinajstić information content (AvgIpc) is 2.95. The molecular weight excluding hydrogens is 218 g/mol. The molecule has 0 aliphatic heterocycles. The van der Waals surface area contributed by atoms with Crippen molar-refractivity contribution in [3.63, 3.8) is 0 Å². The molecule has 3 N–H and O–H groups in total. The first kappa shape index (κ1) is 9.79. The number of rotatable bonds is 2. The van der Waals surface area contributed by atoms with Gasteiger partial charge in [-0.2, -0.15) is 5.10 Å². The number of nitrogens with zero attached hydrogens (tertiary/aromatic N) is 5. The summed E-state index contributed by atoms with van der Waals surface area (Å²) >= 11 is 0. The molecule has 86 valence electrons. The van der Waals surface area contributed by atoms with E-state index >= 15 is 0 Å². The van der Waals surface area contributed by atoms with Crippen LogP contribution < -0.4 is 11.3 Å². The Labute approximate surface area is 96.9 Å². The van der Waals surface area contributed by atoms with Crippen molar-refractivity contribution in [3.05, 3.63) is 36.5 Å². The molecule has 0 saturated heterocycles. The quantitative estimate of drug-likeness (QED) is 0.494.